The Hall–Kier alpha value is -1.66. The van der Waals surface area contributed by atoms with E-state index in [-0.39, 0.29) is 5.91 Å². The first kappa shape index (κ1) is 11.8. The van der Waals surface area contributed by atoms with Gasteiger partial charge in [-0.1, -0.05) is 0 Å². The number of carbonyl (C=O) groups excluding carboxylic acids is 1. The van der Waals surface area contributed by atoms with Crippen molar-refractivity contribution in [2.75, 3.05) is 6.54 Å². The van der Waals surface area contributed by atoms with Crippen LogP contribution in [0.3, 0.4) is 0 Å². The van der Waals surface area contributed by atoms with Gasteiger partial charge in [-0.15, -0.1) is 11.3 Å². The van der Waals surface area contributed by atoms with Crippen LogP contribution in [0.1, 0.15) is 21.3 Å². The normalized spacial score (nSPS) is 10.4. The van der Waals surface area contributed by atoms with Gasteiger partial charge in [-0.2, -0.15) is 0 Å². The maximum atomic E-state index is 11.6. The van der Waals surface area contributed by atoms with E-state index in [1.807, 2.05) is 5.38 Å². The van der Waals surface area contributed by atoms with Gasteiger partial charge in [-0.25, -0.2) is 4.98 Å². The fourth-order valence-electron chi connectivity index (χ4n) is 1.36. The molecule has 90 valence electrons. The predicted octanol–water partition coefficient (Wildman–Crippen LogP) is 1.17. The van der Waals surface area contributed by atoms with E-state index < -0.39 is 0 Å². The van der Waals surface area contributed by atoms with E-state index in [9.17, 15) is 4.79 Å². The quantitative estimate of drug-likeness (QED) is 0.835. The molecule has 1 amide bonds. The van der Waals surface area contributed by atoms with Crippen LogP contribution in [0.5, 0.6) is 0 Å². The Bertz CT molecular complexity index is 479. The Morgan fingerprint density at radius 1 is 1.53 bits per heavy atom. The minimum absolute atomic E-state index is 0.221. The first-order valence-corrected chi connectivity index (χ1v) is 6.13. The van der Waals surface area contributed by atoms with Crippen molar-refractivity contribution in [3.8, 4) is 0 Å². The highest BCUT2D eigenvalue weighted by Gasteiger charge is 2.09. The molecule has 5 nitrogen and oxygen atoms in total. The lowest BCUT2D eigenvalue weighted by Crippen LogP contribution is -2.25. The molecule has 0 atom stereocenters. The van der Waals surface area contributed by atoms with Crippen LogP contribution in [0.4, 0.5) is 0 Å². The van der Waals surface area contributed by atoms with Gasteiger partial charge in [0, 0.05) is 24.5 Å². The maximum Gasteiger partial charge on any atom is 0.287 e. The summed E-state index contributed by atoms with van der Waals surface area (Å²) in [6.07, 6.45) is 2.48. The average Bonchev–Trinajstić information content (AvgIpc) is 2.99. The molecule has 17 heavy (non-hydrogen) atoms. The molecule has 2 aromatic heterocycles. The van der Waals surface area contributed by atoms with Gasteiger partial charge in [-0.05, 0) is 12.1 Å². The van der Waals surface area contributed by atoms with E-state index >= 15 is 0 Å². The van der Waals surface area contributed by atoms with Gasteiger partial charge in [0.15, 0.2) is 5.76 Å². The molecule has 2 rings (SSSR count). The standard InChI is InChI=1S/C11H13N3O2S/c12-7-8-1-2-9(16-8)11(15)14-4-3-10-13-5-6-17-10/h1-2,5-6H,3-4,7,12H2,(H,14,15). The number of rotatable bonds is 5. The smallest absolute Gasteiger partial charge is 0.287 e. The van der Waals surface area contributed by atoms with E-state index in [2.05, 4.69) is 10.3 Å². The van der Waals surface area contributed by atoms with Crippen molar-refractivity contribution in [1.82, 2.24) is 10.3 Å². The zero-order valence-corrected chi connectivity index (χ0v) is 10.00. The van der Waals surface area contributed by atoms with Crippen LogP contribution in [0.25, 0.3) is 0 Å². The summed E-state index contributed by atoms with van der Waals surface area (Å²) in [4.78, 5) is 15.8. The Labute approximate surface area is 103 Å². The van der Waals surface area contributed by atoms with Crippen LogP contribution in [-0.2, 0) is 13.0 Å². The Balaban J connectivity index is 1.81. The molecule has 2 aromatic rings. The molecule has 0 radical (unpaired) electrons. The highest BCUT2D eigenvalue weighted by Crippen LogP contribution is 2.07. The largest absolute Gasteiger partial charge is 0.455 e. The van der Waals surface area contributed by atoms with Crippen LogP contribution >= 0.6 is 11.3 Å². The Morgan fingerprint density at radius 3 is 3.06 bits per heavy atom. The third-order valence-electron chi connectivity index (χ3n) is 2.19. The van der Waals surface area contributed by atoms with Crippen molar-refractivity contribution < 1.29 is 9.21 Å². The second-order valence-electron chi connectivity index (χ2n) is 3.40. The number of carbonyl (C=O) groups is 1. The first-order chi connectivity index (χ1) is 8.29. The molecular weight excluding hydrogens is 238 g/mol. The second kappa shape index (κ2) is 5.60. The first-order valence-electron chi connectivity index (χ1n) is 5.25. The molecule has 2 heterocycles. The summed E-state index contributed by atoms with van der Waals surface area (Å²) >= 11 is 1.58. The number of nitrogens with two attached hydrogens (primary N) is 1. The fourth-order valence-corrected chi connectivity index (χ4v) is 1.98. The minimum atomic E-state index is -0.221. The van der Waals surface area contributed by atoms with Crippen molar-refractivity contribution in [2.45, 2.75) is 13.0 Å². The number of nitrogens with zero attached hydrogens (tertiary/aromatic N) is 1. The van der Waals surface area contributed by atoms with Crippen molar-refractivity contribution in [3.63, 3.8) is 0 Å². The number of hydrogen-bond donors (Lipinski definition) is 2. The molecule has 3 N–H and O–H groups in total. The predicted molar refractivity (Wildman–Crippen MR) is 64.8 cm³/mol. The molecule has 0 aliphatic heterocycles. The van der Waals surface area contributed by atoms with Crippen molar-refractivity contribution in [3.05, 3.63) is 40.2 Å². The van der Waals surface area contributed by atoms with Crippen LogP contribution < -0.4 is 11.1 Å². The fraction of sp³-hybridized carbons (Fsp3) is 0.273. The topological polar surface area (TPSA) is 81.2 Å². The Morgan fingerprint density at radius 2 is 2.41 bits per heavy atom. The molecule has 0 aromatic carbocycles. The second-order valence-corrected chi connectivity index (χ2v) is 4.38. The van der Waals surface area contributed by atoms with Crippen LogP contribution in [0.2, 0.25) is 0 Å². The minimum Gasteiger partial charge on any atom is -0.455 e. The molecule has 0 bridgehead atoms. The summed E-state index contributed by atoms with van der Waals surface area (Å²) in [7, 11) is 0. The third kappa shape index (κ3) is 3.15. The zero-order valence-electron chi connectivity index (χ0n) is 9.18. The maximum absolute atomic E-state index is 11.6. The Kier molecular flexibility index (Phi) is 3.89. The molecule has 0 saturated heterocycles. The number of hydrogen-bond acceptors (Lipinski definition) is 5. The van der Waals surface area contributed by atoms with Gasteiger partial charge in [0.1, 0.15) is 5.76 Å². The van der Waals surface area contributed by atoms with E-state index in [1.54, 1.807) is 29.7 Å². The molecule has 0 spiro atoms. The number of thiazole rings is 1. The molecule has 0 fully saturated rings. The van der Waals surface area contributed by atoms with Crippen molar-refractivity contribution in [2.24, 2.45) is 5.73 Å². The van der Waals surface area contributed by atoms with Crippen LogP contribution in [-0.4, -0.2) is 17.4 Å². The summed E-state index contributed by atoms with van der Waals surface area (Å²) in [6.45, 7) is 0.845. The molecule has 0 aliphatic rings. The summed E-state index contributed by atoms with van der Waals surface area (Å²) in [5.74, 6) is 0.681. The monoisotopic (exact) mass is 251 g/mol. The summed E-state index contributed by atoms with van der Waals surface area (Å²) in [6, 6.07) is 3.33. The highest BCUT2D eigenvalue weighted by atomic mass is 32.1. The van der Waals surface area contributed by atoms with E-state index in [0.29, 0.717) is 24.6 Å². The van der Waals surface area contributed by atoms with E-state index in [1.165, 1.54) is 0 Å². The third-order valence-corrected chi connectivity index (χ3v) is 3.03. The lowest BCUT2D eigenvalue weighted by atomic mass is 10.4. The molecule has 0 saturated carbocycles. The summed E-state index contributed by atoms with van der Waals surface area (Å²) in [5, 5.41) is 5.69. The van der Waals surface area contributed by atoms with Gasteiger partial charge in [0.05, 0.1) is 11.6 Å². The highest BCUT2D eigenvalue weighted by molar-refractivity contribution is 7.09. The van der Waals surface area contributed by atoms with E-state index in [0.717, 1.165) is 11.4 Å². The van der Waals surface area contributed by atoms with Crippen molar-refractivity contribution in [1.29, 1.82) is 0 Å². The van der Waals surface area contributed by atoms with Gasteiger partial charge < -0.3 is 15.5 Å². The lowest BCUT2D eigenvalue weighted by molar-refractivity contribution is 0.0924. The number of nitrogens with one attached hydrogen (secondary N) is 1. The summed E-state index contributed by atoms with van der Waals surface area (Å²) in [5.41, 5.74) is 5.40. The zero-order chi connectivity index (χ0) is 12.1. The van der Waals surface area contributed by atoms with E-state index in [4.69, 9.17) is 10.2 Å². The van der Waals surface area contributed by atoms with Gasteiger partial charge in [0.25, 0.3) is 5.91 Å². The SMILES string of the molecule is NCc1ccc(C(=O)NCCc2nccs2)o1. The number of aromatic nitrogens is 1. The van der Waals surface area contributed by atoms with Crippen molar-refractivity contribution >= 4 is 17.2 Å². The van der Waals surface area contributed by atoms with Gasteiger partial charge >= 0.3 is 0 Å². The number of furan rings is 1. The molecule has 0 aliphatic carbocycles. The number of amides is 1. The lowest BCUT2D eigenvalue weighted by Gasteiger charge is -2.00. The summed E-state index contributed by atoms with van der Waals surface area (Å²) < 4.78 is 5.23. The molecule has 6 heteroatoms. The van der Waals surface area contributed by atoms with Gasteiger partial charge in [-0.3, -0.25) is 4.79 Å². The molecule has 0 unspecified atom stereocenters. The average molecular weight is 251 g/mol. The van der Waals surface area contributed by atoms with Crippen LogP contribution in [0, 0.1) is 0 Å². The van der Waals surface area contributed by atoms with Crippen LogP contribution in [0.15, 0.2) is 28.1 Å². The molecular formula is C11H13N3O2S. The van der Waals surface area contributed by atoms with Gasteiger partial charge in [0.2, 0.25) is 0 Å².